The second-order valence-corrected chi connectivity index (χ2v) is 4.34. The van der Waals surface area contributed by atoms with Crippen LogP contribution in [0.2, 0.25) is 5.02 Å². The molecule has 1 N–H and O–H groups in total. The molecule has 7 heteroatoms. The first kappa shape index (κ1) is 13.6. The molecule has 1 heterocycles. The zero-order chi connectivity index (χ0) is 13.8. The molecule has 1 amide bonds. The van der Waals surface area contributed by atoms with E-state index >= 15 is 0 Å². The van der Waals surface area contributed by atoms with Crippen molar-refractivity contribution in [3.63, 3.8) is 0 Å². The minimum Gasteiger partial charge on any atom is -0.462 e. The van der Waals surface area contributed by atoms with Crippen LogP contribution in [0.25, 0.3) is 0 Å². The summed E-state index contributed by atoms with van der Waals surface area (Å²) in [6.45, 7) is 1.76. The fraction of sp³-hybridized carbons (Fsp3) is 0.333. The molecule has 0 radical (unpaired) electrons. The van der Waals surface area contributed by atoms with E-state index in [1.54, 1.807) is 18.2 Å². The number of benzene rings is 1. The van der Waals surface area contributed by atoms with Crippen molar-refractivity contribution in [1.82, 2.24) is 0 Å². The van der Waals surface area contributed by atoms with Gasteiger partial charge in [0.15, 0.2) is 0 Å². The molecular formula is C12H13ClN2O4. The Kier molecular flexibility index (Phi) is 4.24. The maximum Gasteiger partial charge on any atom is 0.396 e. The van der Waals surface area contributed by atoms with Gasteiger partial charge in [-0.25, -0.2) is 4.79 Å². The Bertz CT molecular complexity index is 501. The van der Waals surface area contributed by atoms with Crippen molar-refractivity contribution in [2.75, 3.05) is 37.2 Å². The highest BCUT2D eigenvalue weighted by Gasteiger charge is 2.20. The van der Waals surface area contributed by atoms with Gasteiger partial charge in [-0.05, 0) is 18.2 Å². The summed E-state index contributed by atoms with van der Waals surface area (Å²) >= 11 is 5.90. The van der Waals surface area contributed by atoms with E-state index in [9.17, 15) is 9.59 Å². The van der Waals surface area contributed by atoms with Crippen LogP contribution >= 0.6 is 11.6 Å². The molecule has 1 aromatic rings. The normalized spacial score (nSPS) is 14.3. The molecule has 1 aliphatic rings. The number of hydrogen-bond acceptors (Lipinski definition) is 5. The van der Waals surface area contributed by atoms with Gasteiger partial charge in [-0.3, -0.25) is 4.79 Å². The summed E-state index contributed by atoms with van der Waals surface area (Å²) in [5, 5.41) is 2.95. The van der Waals surface area contributed by atoms with Crippen molar-refractivity contribution < 1.29 is 19.1 Å². The number of nitrogens with one attached hydrogen (secondary N) is 1. The number of carbonyl (C=O) groups excluding carboxylic acids is 2. The van der Waals surface area contributed by atoms with E-state index < -0.39 is 11.9 Å². The lowest BCUT2D eigenvalue weighted by Gasteiger charge is -2.20. The van der Waals surface area contributed by atoms with Crippen LogP contribution in [-0.4, -0.2) is 38.9 Å². The second-order valence-electron chi connectivity index (χ2n) is 3.91. The van der Waals surface area contributed by atoms with Crippen LogP contribution < -0.4 is 10.2 Å². The number of nitrogens with zero attached hydrogens (tertiary/aromatic N) is 1. The number of carbonyl (C=O) groups is 2. The predicted molar refractivity (Wildman–Crippen MR) is 70.3 cm³/mol. The molecule has 19 heavy (non-hydrogen) atoms. The van der Waals surface area contributed by atoms with Crippen molar-refractivity contribution in [3.8, 4) is 0 Å². The van der Waals surface area contributed by atoms with Gasteiger partial charge in [0.1, 0.15) is 6.73 Å². The van der Waals surface area contributed by atoms with Crippen LogP contribution in [0.1, 0.15) is 0 Å². The molecule has 0 spiro atoms. The van der Waals surface area contributed by atoms with E-state index in [2.05, 4.69) is 10.1 Å². The number of halogens is 1. The minimum atomic E-state index is -0.955. The van der Waals surface area contributed by atoms with Gasteiger partial charge in [0.05, 0.1) is 25.1 Å². The van der Waals surface area contributed by atoms with E-state index in [0.717, 1.165) is 12.8 Å². The largest absolute Gasteiger partial charge is 0.462 e. The summed E-state index contributed by atoms with van der Waals surface area (Å²) in [5.74, 6) is -1.80. The van der Waals surface area contributed by atoms with Crippen LogP contribution in [0.4, 0.5) is 11.4 Å². The fourth-order valence-corrected chi connectivity index (χ4v) is 1.93. The monoisotopic (exact) mass is 284 g/mol. The van der Waals surface area contributed by atoms with E-state index in [1.165, 1.54) is 0 Å². The average molecular weight is 285 g/mol. The highest BCUT2D eigenvalue weighted by Crippen LogP contribution is 2.30. The molecular weight excluding hydrogens is 272 g/mol. The highest BCUT2D eigenvalue weighted by molar-refractivity contribution is 6.38. The molecule has 0 aromatic heterocycles. The molecule has 0 atom stereocenters. The smallest absolute Gasteiger partial charge is 0.396 e. The zero-order valence-corrected chi connectivity index (χ0v) is 11.1. The number of methoxy groups -OCH3 is 1. The first-order chi connectivity index (χ1) is 9.11. The lowest BCUT2D eigenvalue weighted by atomic mass is 10.2. The summed E-state index contributed by atoms with van der Waals surface area (Å²) < 4.78 is 9.62. The quantitative estimate of drug-likeness (QED) is 0.654. The summed E-state index contributed by atoms with van der Waals surface area (Å²) in [6, 6.07) is 5.06. The zero-order valence-electron chi connectivity index (χ0n) is 10.3. The SMILES string of the molecule is COC(=O)C(=O)Nc1cc(Cl)ccc1N1CCOC1. The van der Waals surface area contributed by atoms with Crippen molar-refractivity contribution in [2.24, 2.45) is 0 Å². The molecule has 0 bridgehead atoms. The number of amides is 1. The number of esters is 1. The average Bonchev–Trinajstić information content (AvgIpc) is 2.91. The van der Waals surface area contributed by atoms with Gasteiger partial charge < -0.3 is 19.7 Å². The molecule has 102 valence electrons. The highest BCUT2D eigenvalue weighted by atomic mass is 35.5. The predicted octanol–water partition coefficient (Wildman–Crippen LogP) is 1.25. The van der Waals surface area contributed by atoms with Crippen molar-refractivity contribution in [1.29, 1.82) is 0 Å². The maximum absolute atomic E-state index is 11.5. The number of ether oxygens (including phenoxy) is 2. The van der Waals surface area contributed by atoms with Gasteiger partial charge >= 0.3 is 11.9 Å². The lowest BCUT2D eigenvalue weighted by Crippen LogP contribution is -2.26. The molecule has 6 nitrogen and oxygen atoms in total. The van der Waals surface area contributed by atoms with E-state index in [4.69, 9.17) is 16.3 Å². The Labute approximate surface area is 115 Å². The lowest BCUT2D eigenvalue weighted by molar-refractivity contribution is -0.150. The molecule has 0 saturated carbocycles. The third kappa shape index (κ3) is 3.15. The van der Waals surface area contributed by atoms with Crippen LogP contribution in [0.15, 0.2) is 18.2 Å². The fourth-order valence-electron chi connectivity index (χ4n) is 1.75. The summed E-state index contributed by atoms with van der Waals surface area (Å²) in [4.78, 5) is 24.6. The Balaban J connectivity index is 2.24. The summed E-state index contributed by atoms with van der Waals surface area (Å²) in [7, 11) is 1.15. The first-order valence-corrected chi connectivity index (χ1v) is 6.01. The minimum absolute atomic E-state index is 0.433. The summed E-state index contributed by atoms with van der Waals surface area (Å²) in [5.41, 5.74) is 1.20. The third-order valence-corrected chi connectivity index (χ3v) is 2.91. The number of hydrogen-bond donors (Lipinski definition) is 1. The van der Waals surface area contributed by atoms with Crippen LogP contribution in [0, 0.1) is 0 Å². The van der Waals surface area contributed by atoms with Crippen LogP contribution in [-0.2, 0) is 19.1 Å². The Hall–Kier alpha value is -1.79. The third-order valence-electron chi connectivity index (χ3n) is 2.67. The first-order valence-electron chi connectivity index (χ1n) is 5.63. The standard InChI is InChI=1S/C12H13ClN2O4/c1-18-12(17)11(16)14-9-6-8(13)2-3-10(9)15-4-5-19-7-15/h2-3,6H,4-5,7H2,1H3,(H,14,16). The van der Waals surface area contributed by atoms with Gasteiger partial charge in [-0.1, -0.05) is 11.6 Å². The molecule has 1 fully saturated rings. The van der Waals surface area contributed by atoms with Crippen molar-refractivity contribution >= 4 is 34.9 Å². The number of anilines is 2. The van der Waals surface area contributed by atoms with Crippen molar-refractivity contribution in [2.45, 2.75) is 0 Å². The molecule has 1 saturated heterocycles. The topological polar surface area (TPSA) is 67.9 Å². The van der Waals surface area contributed by atoms with Gasteiger partial charge in [0.25, 0.3) is 0 Å². The second kappa shape index (κ2) is 5.90. The molecule has 1 aliphatic heterocycles. The summed E-state index contributed by atoms with van der Waals surface area (Å²) in [6.07, 6.45) is 0. The Morgan fingerprint density at radius 3 is 2.89 bits per heavy atom. The molecule has 0 aliphatic carbocycles. The Morgan fingerprint density at radius 2 is 2.26 bits per heavy atom. The molecule has 2 rings (SSSR count). The van der Waals surface area contributed by atoms with E-state index in [1.807, 2.05) is 4.90 Å². The van der Waals surface area contributed by atoms with Gasteiger partial charge in [-0.15, -0.1) is 0 Å². The Morgan fingerprint density at radius 1 is 1.47 bits per heavy atom. The van der Waals surface area contributed by atoms with Gasteiger partial charge in [-0.2, -0.15) is 0 Å². The van der Waals surface area contributed by atoms with Crippen molar-refractivity contribution in [3.05, 3.63) is 23.2 Å². The van der Waals surface area contributed by atoms with Gasteiger partial charge in [0, 0.05) is 11.6 Å². The van der Waals surface area contributed by atoms with E-state index in [0.29, 0.717) is 30.6 Å². The van der Waals surface area contributed by atoms with Crippen LogP contribution in [0.5, 0.6) is 0 Å². The van der Waals surface area contributed by atoms with Gasteiger partial charge in [0.2, 0.25) is 0 Å². The number of rotatable bonds is 2. The van der Waals surface area contributed by atoms with E-state index in [-0.39, 0.29) is 0 Å². The molecule has 0 unspecified atom stereocenters. The van der Waals surface area contributed by atoms with Crippen LogP contribution in [0.3, 0.4) is 0 Å². The molecule has 1 aromatic carbocycles. The maximum atomic E-state index is 11.5.